The van der Waals surface area contributed by atoms with Crippen LogP contribution in [0, 0.1) is 5.41 Å². The lowest BCUT2D eigenvalue weighted by Gasteiger charge is -2.17. The summed E-state index contributed by atoms with van der Waals surface area (Å²) in [7, 11) is 0. The zero-order valence-corrected chi connectivity index (χ0v) is 8.31. The number of carbonyl (C=O) groups excluding carboxylic acids is 1. The van der Waals surface area contributed by atoms with Crippen LogP contribution < -0.4 is 5.32 Å². The molecule has 2 aliphatic rings. The molecule has 2 amide bonds. The first-order valence-electron chi connectivity index (χ1n) is 5.22. The third kappa shape index (κ3) is 2.14. The first-order valence-corrected chi connectivity index (χ1v) is 5.22. The van der Waals surface area contributed by atoms with Crippen molar-refractivity contribution in [3.63, 3.8) is 0 Å². The van der Waals surface area contributed by atoms with Gasteiger partial charge in [0.05, 0.1) is 0 Å². The van der Waals surface area contributed by atoms with Crippen molar-refractivity contribution >= 4 is 6.03 Å². The first kappa shape index (κ1) is 8.85. The van der Waals surface area contributed by atoms with E-state index in [1.807, 2.05) is 4.90 Å². The summed E-state index contributed by atoms with van der Waals surface area (Å²) in [6.07, 6.45) is 4.88. The Balaban J connectivity index is 1.71. The topological polar surface area (TPSA) is 32.3 Å². The van der Waals surface area contributed by atoms with Crippen LogP contribution in [0.2, 0.25) is 0 Å². The summed E-state index contributed by atoms with van der Waals surface area (Å²) < 4.78 is 0. The number of nitrogens with one attached hydrogen (secondary N) is 1. The maximum Gasteiger partial charge on any atom is 0.317 e. The number of urea groups is 1. The number of rotatable bonds is 2. The predicted molar refractivity (Wildman–Crippen MR) is 51.5 cm³/mol. The number of hydrogen-bond donors (Lipinski definition) is 1. The van der Waals surface area contributed by atoms with Gasteiger partial charge in [-0.25, -0.2) is 4.79 Å². The van der Waals surface area contributed by atoms with Gasteiger partial charge in [-0.05, 0) is 31.1 Å². The Morgan fingerprint density at radius 2 is 2.00 bits per heavy atom. The van der Waals surface area contributed by atoms with Gasteiger partial charge in [-0.15, -0.1) is 0 Å². The predicted octanol–water partition coefficient (Wildman–Crippen LogP) is 1.59. The number of nitrogens with zero attached hydrogens (tertiary/aromatic N) is 1. The van der Waals surface area contributed by atoms with Gasteiger partial charge in [-0.1, -0.05) is 6.92 Å². The van der Waals surface area contributed by atoms with Gasteiger partial charge in [0.1, 0.15) is 0 Å². The molecule has 3 nitrogen and oxygen atoms in total. The zero-order valence-electron chi connectivity index (χ0n) is 8.31. The number of hydrogen-bond acceptors (Lipinski definition) is 1. The molecule has 1 aliphatic carbocycles. The monoisotopic (exact) mass is 182 g/mol. The summed E-state index contributed by atoms with van der Waals surface area (Å²) >= 11 is 0. The lowest BCUT2D eigenvalue weighted by molar-refractivity contribution is 0.206. The normalized spacial score (nSPS) is 24.5. The van der Waals surface area contributed by atoms with E-state index >= 15 is 0 Å². The molecule has 1 heterocycles. The molecule has 2 rings (SSSR count). The second-order valence-corrected chi connectivity index (χ2v) is 4.66. The maximum atomic E-state index is 11.5. The molecule has 0 radical (unpaired) electrons. The highest BCUT2D eigenvalue weighted by Gasteiger charge is 2.37. The van der Waals surface area contributed by atoms with Crippen molar-refractivity contribution in [2.45, 2.75) is 32.6 Å². The molecule has 1 saturated heterocycles. The Bertz CT molecular complexity index is 205. The van der Waals surface area contributed by atoms with Crippen molar-refractivity contribution in [2.24, 2.45) is 5.41 Å². The lowest BCUT2D eigenvalue weighted by atomic mass is 10.1. The average molecular weight is 182 g/mol. The van der Waals surface area contributed by atoms with Crippen LogP contribution in [0.15, 0.2) is 0 Å². The molecule has 1 saturated carbocycles. The first-order chi connectivity index (χ1) is 6.20. The molecule has 0 unspecified atom stereocenters. The SMILES string of the molecule is CC1(CNC(=O)N2CCCC2)CC1. The van der Waals surface area contributed by atoms with Crippen LogP contribution in [0.5, 0.6) is 0 Å². The van der Waals surface area contributed by atoms with Crippen LogP contribution in [0.1, 0.15) is 32.6 Å². The summed E-state index contributed by atoms with van der Waals surface area (Å²) in [6.45, 7) is 4.99. The largest absolute Gasteiger partial charge is 0.337 e. The number of likely N-dealkylation sites (tertiary alicyclic amines) is 1. The summed E-state index contributed by atoms with van der Waals surface area (Å²) in [5.41, 5.74) is 0.426. The highest BCUT2D eigenvalue weighted by molar-refractivity contribution is 5.74. The minimum Gasteiger partial charge on any atom is -0.337 e. The quantitative estimate of drug-likeness (QED) is 0.691. The van der Waals surface area contributed by atoms with E-state index in [1.54, 1.807) is 0 Å². The summed E-state index contributed by atoms with van der Waals surface area (Å²) in [6, 6.07) is 0.144. The van der Waals surface area contributed by atoms with E-state index in [-0.39, 0.29) is 6.03 Å². The van der Waals surface area contributed by atoms with Gasteiger partial charge in [0.15, 0.2) is 0 Å². The van der Waals surface area contributed by atoms with Crippen molar-refractivity contribution in [3.05, 3.63) is 0 Å². The highest BCUT2D eigenvalue weighted by atomic mass is 16.2. The minimum absolute atomic E-state index is 0.144. The molecule has 0 aromatic carbocycles. The van der Waals surface area contributed by atoms with E-state index in [4.69, 9.17) is 0 Å². The van der Waals surface area contributed by atoms with Gasteiger partial charge in [-0.3, -0.25) is 0 Å². The molecule has 13 heavy (non-hydrogen) atoms. The van der Waals surface area contributed by atoms with Crippen LogP contribution in [-0.4, -0.2) is 30.6 Å². The van der Waals surface area contributed by atoms with E-state index in [2.05, 4.69) is 12.2 Å². The fourth-order valence-electron chi connectivity index (χ4n) is 1.71. The molecule has 1 aliphatic heterocycles. The van der Waals surface area contributed by atoms with Crippen LogP contribution in [0.4, 0.5) is 4.79 Å². The summed E-state index contributed by atoms with van der Waals surface area (Å²) in [5, 5.41) is 3.01. The van der Waals surface area contributed by atoms with Gasteiger partial charge < -0.3 is 10.2 Å². The summed E-state index contributed by atoms with van der Waals surface area (Å²) in [4.78, 5) is 13.5. The molecule has 0 spiro atoms. The van der Waals surface area contributed by atoms with Crippen molar-refractivity contribution < 1.29 is 4.79 Å². The van der Waals surface area contributed by atoms with E-state index < -0.39 is 0 Å². The van der Waals surface area contributed by atoms with Gasteiger partial charge in [0, 0.05) is 19.6 Å². The molecular weight excluding hydrogens is 164 g/mol. The molecule has 0 bridgehead atoms. The van der Waals surface area contributed by atoms with Crippen molar-refractivity contribution in [1.82, 2.24) is 10.2 Å². The Morgan fingerprint density at radius 1 is 1.38 bits per heavy atom. The van der Waals surface area contributed by atoms with Gasteiger partial charge >= 0.3 is 6.03 Å². The lowest BCUT2D eigenvalue weighted by Crippen LogP contribution is -2.40. The van der Waals surface area contributed by atoms with Crippen LogP contribution in [-0.2, 0) is 0 Å². The molecule has 1 N–H and O–H groups in total. The second kappa shape index (κ2) is 3.20. The second-order valence-electron chi connectivity index (χ2n) is 4.66. The fraction of sp³-hybridized carbons (Fsp3) is 0.900. The van der Waals surface area contributed by atoms with Gasteiger partial charge in [0.25, 0.3) is 0 Å². The third-order valence-corrected chi connectivity index (χ3v) is 3.16. The Kier molecular flexibility index (Phi) is 2.18. The van der Waals surface area contributed by atoms with E-state index in [9.17, 15) is 4.79 Å². The Morgan fingerprint density at radius 3 is 2.54 bits per heavy atom. The third-order valence-electron chi connectivity index (χ3n) is 3.16. The summed E-state index contributed by atoms with van der Waals surface area (Å²) in [5.74, 6) is 0. The van der Waals surface area contributed by atoms with E-state index in [0.29, 0.717) is 5.41 Å². The maximum absolute atomic E-state index is 11.5. The van der Waals surface area contributed by atoms with Gasteiger partial charge in [0.2, 0.25) is 0 Å². The Labute approximate surface area is 79.5 Å². The average Bonchev–Trinajstić information content (AvgIpc) is 2.69. The molecule has 2 fully saturated rings. The van der Waals surface area contributed by atoms with Gasteiger partial charge in [-0.2, -0.15) is 0 Å². The molecule has 0 aromatic heterocycles. The van der Waals surface area contributed by atoms with Crippen molar-refractivity contribution in [1.29, 1.82) is 0 Å². The smallest absolute Gasteiger partial charge is 0.317 e. The van der Waals surface area contributed by atoms with Crippen molar-refractivity contribution in [2.75, 3.05) is 19.6 Å². The molecule has 0 atom stereocenters. The van der Waals surface area contributed by atoms with E-state index in [1.165, 1.54) is 25.7 Å². The zero-order chi connectivity index (χ0) is 9.31. The molecule has 3 heteroatoms. The van der Waals surface area contributed by atoms with Crippen LogP contribution in [0.3, 0.4) is 0 Å². The fourth-order valence-corrected chi connectivity index (χ4v) is 1.71. The number of carbonyl (C=O) groups is 1. The number of amides is 2. The standard InChI is InChI=1S/C10H18N2O/c1-10(4-5-10)8-11-9(13)12-6-2-3-7-12/h2-8H2,1H3,(H,11,13). The Hall–Kier alpha value is -0.730. The molecular formula is C10H18N2O. The minimum atomic E-state index is 0.144. The molecule has 74 valence electrons. The van der Waals surface area contributed by atoms with E-state index in [0.717, 1.165) is 19.6 Å². The van der Waals surface area contributed by atoms with Crippen LogP contribution in [0.25, 0.3) is 0 Å². The van der Waals surface area contributed by atoms with Crippen LogP contribution >= 0.6 is 0 Å². The van der Waals surface area contributed by atoms with Crippen molar-refractivity contribution in [3.8, 4) is 0 Å². The molecule has 0 aromatic rings. The highest BCUT2D eigenvalue weighted by Crippen LogP contribution is 2.44.